The van der Waals surface area contributed by atoms with E-state index in [1.165, 1.54) is 48.5 Å². The molecule has 0 radical (unpaired) electrons. The van der Waals surface area contributed by atoms with Crippen molar-refractivity contribution in [1.29, 1.82) is 0 Å². The lowest BCUT2D eigenvalue weighted by atomic mass is 9.88. The molecule has 3 atom stereocenters. The zero-order chi connectivity index (χ0) is 49.9. The van der Waals surface area contributed by atoms with Gasteiger partial charge in [-0.05, 0) is 36.4 Å². The lowest BCUT2D eigenvalue weighted by Crippen LogP contribution is -2.49. The highest BCUT2D eigenvalue weighted by Gasteiger charge is 2.56. The number of aromatic hydroxyl groups is 1. The zero-order valence-electron chi connectivity index (χ0n) is 34.0. The van der Waals surface area contributed by atoms with Crippen LogP contribution in [0.25, 0.3) is 16.6 Å². The summed E-state index contributed by atoms with van der Waals surface area (Å²) in [6, 6.07) is 19.3. The van der Waals surface area contributed by atoms with Crippen molar-refractivity contribution < 1.29 is 90.8 Å². The van der Waals surface area contributed by atoms with Crippen LogP contribution in [0.2, 0.25) is 0 Å². The second-order valence-corrected chi connectivity index (χ2v) is 19.6. The third kappa shape index (κ3) is 7.67. The Bertz CT molecular complexity index is 3780. The van der Waals surface area contributed by atoms with Gasteiger partial charge in [-0.3, -0.25) is 33.6 Å². The lowest BCUT2D eigenvalue weighted by molar-refractivity contribution is -0.00909. The number of nitrogens with zero attached hydrogens (tertiary/aromatic N) is 6. The molecule has 0 saturated carbocycles. The largest absolute Gasteiger partial charge is 0.504 e. The highest BCUT2D eigenvalue weighted by molar-refractivity contribution is 7.90. The molecule has 3 unspecified atom stereocenters. The van der Waals surface area contributed by atoms with Gasteiger partial charge in [0, 0.05) is 38.9 Å². The van der Waals surface area contributed by atoms with Crippen LogP contribution < -0.4 is 12.5 Å². The van der Waals surface area contributed by atoms with Crippen molar-refractivity contribution in [3.63, 3.8) is 0 Å². The Morgan fingerprint density at radius 1 is 0.464 bits per heavy atom. The van der Waals surface area contributed by atoms with Crippen molar-refractivity contribution in [2.45, 2.75) is 15.7 Å². The number of benzene rings is 5. The van der Waals surface area contributed by atoms with Crippen LogP contribution in [-0.2, 0) is 30.4 Å². The first kappa shape index (κ1) is 46.5. The van der Waals surface area contributed by atoms with E-state index in [0.29, 0.717) is 12.1 Å². The Morgan fingerprint density at radius 3 is 1.19 bits per heavy atom. The third-order valence-corrected chi connectivity index (χ3v) is 15.0. The van der Waals surface area contributed by atoms with E-state index in [9.17, 15) is 80.5 Å². The van der Waals surface area contributed by atoms with E-state index < -0.39 is 149 Å². The minimum atomic E-state index is -5.83. The molecule has 8 rings (SSSR count). The number of phenols is 1. The first-order chi connectivity index (χ1) is 32.7. The highest BCUT2D eigenvalue weighted by Crippen LogP contribution is 2.43. The maximum atomic E-state index is 14.1. The molecule has 0 amide bonds. The van der Waals surface area contributed by atoms with Gasteiger partial charge in [-0.2, -0.15) is 39.6 Å². The third-order valence-electron chi connectivity index (χ3n) is 10.7. The van der Waals surface area contributed by atoms with Crippen molar-refractivity contribution in [2.24, 2.45) is 0 Å². The highest BCUT2D eigenvalue weighted by atomic mass is 32.2. The fourth-order valence-corrected chi connectivity index (χ4v) is 11.5. The van der Waals surface area contributed by atoms with Crippen LogP contribution in [-0.4, -0.2) is 118 Å². The second kappa shape index (κ2) is 17.0. The second-order valence-electron chi connectivity index (χ2n) is 14.7. The Balaban J connectivity index is 1.17. The van der Waals surface area contributed by atoms with E-state index in [4.69, 9.17) is 12.5 Å². The van der Waals surface area contributed by atoms with Gasteiger partial charge in [0.15, 0.2) is 34.6 Å². The van der Waals surface area contributed by atoms with E-state index >= 15 is 0 Å². The van der Waals surface area contributed by atoms with Crippen LogP contribution in [0.3, 0.4) is 0 Å². The summed E-state index contributed by atoms with van der Waals surface area (Å²) in [4.78, 5) is 102. The van der Waals surface area contributed by atoms with Crippen LogP contribution in [0, 0.1) is 0 Å². The normalized spacial score (nSPS) is 18.0. The summed E-state index contributed by atoms with van der Waals surface area (Å²) in [5.41, 5.74) is 21.7. The van der Waals surface area contributed by atoms with Crippen LogP contribution in [0.15, 0.2) is 109 Å². The predicted molar refractivity (Wildman–Crippen MR) is 229 cm³/mol. The van der Waals surface area contributed by atoms with Crippen LogP contribution in [0.4, 0.5) is 0 Å². The molecule has 0 bridgehead atoms. The topological polar surface area (TPSA) is 379 Å². The molecule has 5 aromatic carbocycles. The molecule has 0 spiro atoms. The number of rotatable bonds is 11. The molecule has 0 saturated heterocycles. The molecule has 23 nitrogen and oxygen atoms in total. The van der Waals surface area contributed by atoms with Crippen molar-refractivity contribution in [2.75, 3.05) is 0 Å². The number of fused-ring (bicyclic) bond motifs is 3. The SMILES string of the molecule is [N-]=[N+]=C1C(=O)c2ccccc2C(=O)C1S(=O)(=O)Oc1ccc(C(=O)c2ccc(OS(=O)(=O)C3C(=O)c4ccccc4C(=O)C3=[N+]=[N-])c(OS(=O)(=O)C3C(=O)c4ccccc4C(=O)C3=[N+]=[N-])c2O)cc1. The van der Waals surface area contributed by atoms with E-state index in [2.05, 4.69) is 14.4 Å². The fraction of sp³-hybridized carbons (Fsp3) is 0.0698. The quantitative estimate of drug-likeness (QED) is 0.0857. The van der Waals surface area contributed by atoms with Gasteiger partial charge in [0.1, 0.15) is 5.75 Å². The van der Waals surface area contributed by atoms with Crippen molar-refractivity contribution >= 4 is 88.0 Å². The van der Waals surface area contributed by atoms with E-state index in [0.717, 1.165) is 48.5 Å². The minimum absolute atomic E-state index is 0.236. The predicted octanol–water partition coefficient (Wildman–Crippen LogP) is 2.10. The number of ketones is 7. The smallest absolute Gasteiger partial charge is 0.368 e. The molecule has 0 heterocycles. The van der Waals surface area contributed by atoms with Gasteiger partial charge in [-0.25, -0.2) is 0 Å². The van der Waals surface area contributed by atoms with Crippen LogP contribution in [0.5, 0.6) is 23.0 Å². The van der Waals surface area contributed by atoms with Crippen molar-refractivity contribution in [3.05, 3.63) is 170 Å². The molecule has 0 aromatic heterocycles. The molecule has 3 aliphatic carbocycles. The average Bonchev–Trinajstić information content (AvgIpc) is 3.32. The summed E-state index contributed by atoms with van der Waals surface area (Å²) < 4.78 is 98.1. The average molecular weight is 991 g/mol. The number of carbonyl (C=O) groups excluding carboxylic acids is 7. The first-order valence-corrected chi connectivity index (χ1v) is 23.6. The number of hydrogen-bond donors (Lipinski definition) is 1. The van der Waals surface area contributed by atoms with Crippen LogP contribution in [0.1, 0.15) is 78.1 Å². The van der Waals surface area contributed by atoms with Gasteiger partial charge in [-0.1, -0.05) is 72.8 Å². The number of hydrogen-bond acceptors (Lipinski definition) is 17. The number of carbonyl (C=O) groups is 7. The van der Waals surface area contributed by atoms with Crippen molar-refractivity contribution in [1.82, 2.24) is 0 Å². The van der Waals surface area contributed by atoms with Gasteiger partial charge in [0.05, 0.1) is 5.56 Å². The molecule has 3 aliphatic rings. The Morgan fingerprint density at radius 2 is 0.812 bits per heavy atom. The summed E-state index contributed by atoms with van der Waals surface area (Å²) in [5.74, 6) is -14.0. The monoisotopic (exact) mass is 990 g/mol. The van der Waals surface area contributed by atoms with E-state index in [-0.39, 0.29) is 22.3 Å². The number of Topliss-reactive ketones (excluding diaryl/α,β-unsaturated/α-hetero) is 6. The molecule has 69 heavy (non-hydrogen) atoms. The molecule has 0 fully saturated rings. The van der Waals surface area contributed by atoms with Gasteiger partial charge in [-0.15, -0.1) is 0 Å². The molecule has 1 N–H and O–H groups in total. The first-order valence-electron chi connectivity index (χ1n) is 19.2. The minimum Gasteiger partial charge on any atom is -0.504 e. The van der Waals surface area contributed by atoms with E-state index in [1.807, 2.05) is 0 Å². The summed E-state index contributed by atoms with van der Waals surface area (Å²) >= 11 is 0. The summed E-state index contributed by atoms with van der Waals surface area (Å²) in [6.07, 6.45) is 0. The lowest BCUT2D eigenvalue weighted by Gasteiger charge is -2.22. The zero-order valence-corrected chi connectivity index (χ0v) is 36.5. The Hall–Kier alpha value is -9.02. The number of phenolic OH excluding ortho intramolecular Hbond substituents is 1. The van der Waals surface area contributed by atoms with Gasteiger partial charge in [0.2, 0.25) is 5.75 Å². The van der Waals surface area contributed by atoms with Crippen molar-refractivity contribution in [3.8, 4) is 23.0 Å². The maximum Gasteiger partial charge on any atom is 0.368 e. The Kier molecular flexibility index (Phi) is 11.5. The summed E-state index contributed by atoms with van der Waals surface area (Å²) in [5, 5.41) is 3.60. The molecule has 344 valence electrons. The standard InChI is InChI=1S/C43H22N6O17S3/c44-47-29-33(51)21-7-1-4-10-24(21)37(55)41(29)67(58,59)64-20-15-13-19(14-16-20)32(50)27-17-18-28(65-68(60,61)42-30(48-45)34(52)22-8-2-5-11-25(22)38(42)56)40(36(27)54)66-69(62,63)43-31(49-46)35(53)23-9-3-6-12-26(23)39(43)57/h1-18,41-43,54H. The molecule has 26 heteroatoms. The summed E-state index contributed by atoms with van der Waals surface area (Å²) in [6.45, 7) is 0. The van der Waals surface area contributed by atoms with Gasteiger partial charge in [0.25, 0.3) is 33.1 Å². The van der Waals surface area contributed by atoms with Gasteiger partial charge < -0.3 is 34.2 Å². The molecular weight excluding hydrogens is 969 g/mol. The Labute approximate surface area is 386 Å². The maximum absolute atomic E-state index is 14.1. The van der Waals surface area contributed by atoms with Crippen LogP contribution >= 0.6 is 0 Å². The summed E-state index contributed by atoms with van der Waals surface area (Å²) in [7, 11) is -16.7. The van der Waals surface area contributed by atoms with E-state index in [1.54, 1.807) is 0 Å². The molecule has 5 aromatic rings. The molecule has 0 aliphatic heterocycles. The fourth-order valence-electron chi connectivity index (χ4n) is 7.57. The molecular formula is C43H22N6O17S3. The van der Waals surface area contributed by atoms with Gasteiger partial charge >= 0.3 is 47.5 Å².